The van der Waals surface area contributed by atoms with Gasteiger partial charge < -0.3 is 5.73 Å². The monoisotopic (exact) mass is 513 g/mol. The van der Waals surface area contributed by atoms with E-state index in [-0.39, 0.29) is 29.9 Å². The Morgan fingerprint density at radius 2 is 2.10 bits per heavy atom. The molecular weight excluding hydrogens is 495 g/mol. The van der Waals surface area contributed by atoms with E-state index < -0.39 is 43.7 Å². The molecule has 1 fully saturated rings. The van der Waals surface area contributed by atoms with Gasteiger partial charge in [0, 0.05) is 16.2 Å². The van der Waals surface area contributed by atoms with Crippen molar-refractivity contribution in [2.45, 2.75) is 35.3 Å². The van der Waals surface area contributed by atoms with Gasteiger partial charge in [0.25, 0.3) is 0 Å². The summed E-state index contributed by atoms with van der Waals surface area (Å²) >= 11 is 3.23. The van der Waals surface area contributed by atoms with E-state index in [1.54, 1.807) is 6.07 Å². The average molecular weight is 514 g/mol. The molecule has 0 radical (unpaired) electrons. The molecule has 0 unspecified atom stereocenters. The molecule has 0 amide bonds. The van der Waals surface area contributed by atoms with Gasteiger partial charge in [-0.05, 0) is 71.6 Å². The standard InChI is InChI=1S/C21H19BrF3N3O2S/c1-20(18-6-7-21(11-23,19(26)28-20)31(18,29)30)14-8-12(2-4-15(14)24)9-16(25)17-5-3-13(22)10-27-17/h2-5,8-10,18H,6-7,11H2,1H3,(H2,26,28)/b16-9-/t18-,20+,21-/m0/s1. The summed E-state index contributed by atoms with van der Waals surface area (Å²) in [5.74, 6) is -1.70. The highest BCUT2D eigenvalue weighted by molar-refractivity contribution is 9.10. The summed E-state index contributed by atoms with van der Waals surface area (Å²) in [7, 11) is -4.05. The second kappa shape index (κ2) is 7.44. The van der Waals surface area contributed by atoms with Crippen molar-refractivity contribution in [3.63, 3.8) is 0 Å². The molecular formula is C21H19BrF3N3O2S. The summed E-state index contributed by atoms with van der Waals surface area (Å²) in [6, 6.07) is 6.95. The molecule has 2 bridgehead atoms. The highest BCUT2D eigenvalue weighted by Gasteiger charge is 2.65. The van der Waals surface area contributed by atoms with Gasteiger partial charge in [-0.2, -0.15) is 0 Å². The Bertz CT molecular complexity index is 1220. The van der Waals surface area contributed by atoms with Crippen LogP contribution in [0.4, 0.5) is 13.2 Å². The maximum atomic E-state index is 14.9. The minimum absolute atomic E-state index is 0.00744. The van der Waals surface area contributed by atoms with E-state index in [1.165, 1.54) is 37.4 Å². The fraction of sp³-hybridized carbons (Fsp3) is 0.333. The number of fused-ring (bicyclic) bond motifs is 2. The van der Waals surface area contributed by atoms with Crippen molar-refractivity contribution in [3.8, 4) is 0 Å². The largest absolute Gasteiger partial charge is 0.386 e. The fourth-order valence-corrected chi connectivity index (χ4v) is 7.30. The van der Waals surface area contributed by atoms with Gasteiger partial charge in [-0.1, -0.05) is 6.07 Å². The number of aromatic nitrogens is 1. The number of hydrogen-bond acceptors (Lipinski definition) is 5. The first-order chi connectivity index (χ1) is 14.5. The molecule has 3 heterocycles. The summed E-state index contributed by atoms with van der Waals surface area (Å²) in [6.07, 6.45) is 2.71. The Hall–Kier alpha value is -2.20. The van der Waals surface area contributed by atoms with Crippen molar-refractivity contribution in [1.29, 1.82) is 0 Å². The fourth-order valence-electron chi connectivity index (χ4n) is 4.42. The van der Waals surface area contributed by atoms with Crippen LogP contribution in [0.25, 0.3) is 11.9 Å². The average Bonchev–Trinajstić information content (AvgIpc) is 2.93. The Morgan fingerprint density at radius 3 is 2.74 bits per heavy atom. The second-order valence-corrected chi connectivity index (χ2v) is 11.3. The third-order valence-electron chi connectivity index (χ3n) is 6.19. The number of halogens is 4. The lowest BCUT2D eigenvalue weighted by Gasteiger charge is -2.39. The van der Waals surface area contributed by atoms with Crippen molar-refractivity contribution in [3.05, 3.63) is 63.6 Å². The molecule has 3 atom stereocenters. The second-order valence-electron chi connectivity index (χ2n) is 7.94. The minimum Gasteiger partial charge on any atom is -0.386 e. The van der Waals surface area contributed by atoms with Crippen molar-refractivity contribution in [2.75, 3.05) is 6.67 Å². The summed E-state index contributed by atoms with van der Waals surface area (Å²) in [6.45, 7) is 0.294. The molecule has 2 aliphatic heterocycles. The SMILES string of the molecule is C[C@]1(c2cc(/C=C(\F)c3ccc(Br)cn3)ccc2F)N=C(N)[C@@]2(CF)CC[C@@H]1S2(=O)=O. The van der Waals surface area contributed by atoms with Crippen LogP contribution in [-0.4, -0.2) is 35.9 Å². The number of aliphatic imine (C=N–C) groups is 1. The van der Waals surface area contributed by atoms with Gasteiger partial charge in [0.1, 0.15) is 29.7 Å². The molecule has 0 saturated carbocycles. The van der Waals surface area contributed by atoms with E-state index in [0.29, 0.717) is 10.0 Å². The maximum Gasteiger partial charge on any atom is 0.171 e. The first-order valence-corrected chi connectivity index (χ1v) is 11.8. The van der Waals surface area contributed by atoms with Crippen LogP contribution in [0.5, 0.6) is 0 Å². The molecule has 31 heavy (non-hydrogen) atoms. The van der Waals surface area contributed by atoms with Crippen LogP contribution in [0.3, 0.4) is 0 Å². The van der Waals surface area contributed by atoms with Crippen LogP contribution >= 0.6 is 15.9 Å². The summed E-state index contributed by atoms with van der Waals surface area (Å²) in [4.78, 5) is 8.28. The number of rotatable bonds is 4. The van der Waals surface area contributed by atoms with E-state index in [4.69, 9.17) is 5.73 Å². The minimum atomic E-state index is -4.05. The van der Waals surface area contributed by atoms with E-state index in [2.05, 4.69) is 25.9 Å². The zero-order valence-electron chi connectivity index (χ0n) is 16.4. The molecule has 164 valence electrons. The normalized spacial score (nSPS) is 29.6. The smallest absolute Gasteiger partial charge is 0.171 e. The van der Waals surface area contributed by atoms with Gasteiger partial charge in [0.15, 0.2) is 14.6 Å². The van der Waals surface area contributed by atoms with Crippen LogP contribution in [-0.2, 0) is 15.4 Å². The lowest BCUT2D eigenvalue weighted by atomic mass is 9.86. The summed E-state index contributed by atoms with van der Waals surface area (Å²) in [5.41, 5.74) is 4.72. The van der Waals surface area contributed by atoms with Gasteiger partial charge in [-0.3, -0.25) is 9.98 Å². The molecule has 2 N–H and O–H groups in total. The highest BCUT2D eigenvalue weighted by atomic mass is 79.9. The Balaban J connectivity index is 1.82. The van der Waals surface area contributed by atoms with Gasteiger partial charge in [-0.25, -0.2) is 21.6 Å². The van der Waals surface area contributed by atoms with Crippen LogP contribution in [0, 0.1) is 5.82 Å². The quantitative estimate of drug-likeness (QED) is 0.659. The molecule has 1 aromatic carbocycles. The third kappa shape index (κ3) is 3.22. The summed E-state index contributed by atoms with van der Waals surface area (Å²) < 4.78 is 68.4. The van der Waals surface area contributed by atoms with E-state index >= 15 is 0 Å². The molecule has 1 aromatic heterocycles. The molecule has 4 rings (SSSR count). The topological polar surface area (TPSA) is 85.4 Å². The Morgan fingerprint density at radius 1 is 1.35 bits per heavy atom. The number of benzene rings is 1. The third-order valence-corrected chi connectivity index (χ3v) is 9.72. The predicted octanol–water partition coefficient (Wildman–Crippen LogP) is 4.32. The van der Waals surface area contributed by atoms with E-state index in [1.807, 2.05) is 0 Å². The van der Waals surface area contributed by atoms with E-state index in [9.17, 15) is 21.6 Å². The first-order valence-electron chi connectivity index (χ1n) is 9.49. The van der Waals surface area contributed by atoms with Gasteiger partial charge in [0.05, 0.1) is 10.9 Å². The number of pyridine rings is 1. The molecule has 2 aromatic rings. The Kier molecular flexibility index (Phi) is 5.28. The number of sulfone groups is 1. The molecule has 5 nitrogen and oxygen atoms in total. The lowest BCUT2D eigenvalue weighted by molar-refractivity contribution is 0.415. The number of nitrogens with zero attached hydrogens (tertiary/aromatic N) is 2. The van der Waals surface area contributed by atoms with Crippen molar-refractivity contribution >= 4 is 43.5 Å². The number of alkyl halides is 1. The molecule has 2 aliphatic rings. The first kappa shape index (κ1) is 22.0. The van der Waals surface area contributed by atoms with Crippen LogP contribution in [0.15, 0.2) is 46.0 Å². The van der Waals surface area contributed by atoms with Gasteiger partial charge in [0.2, 0.25) is 0 Å². The number of nitrogens with two attached hydrogens (primary N) is 1. The zero-order chi connectivity index (χ0) is 22.6. The van der Waals surface area contributed by atoms with Crippen LogP contribution in [0.1, 0.15) is 36.6 Å². The maximum absolute atomic E-state index is 14.9. The van der Waals surface area contributed by atoms with Crippen molar-refractivity contribution in [2.24, 2.45) is 10.7 Å². The zero-order valence-corrected chi connectivity index (χ0v) is 18.9. The summed E-state index contributed by atoms with van der Waals surface area (Å²) in [5, 5.41) is -1.13. The van der Waals surface area contributed by atoms with Crippen molar-refractivity contribution < 1.29 is 21.6 Å². The van der Waals surface area contributed by atoms with E-state index in [0.717, 1.165) is 6.07 Å². The lowest BCUT2D eigenvalue weighted by Crippen LogP contribution is -2.58. The Labute approximate surface area is 186 Å². The molecule has 1 saturated heterocycles. The van der Waals surface area contributed by atoms with Crippen LogP contribution < -0.4 is 5.73 Å². The molecule has 0 aliphatic carbocycles. The van der Waals surface area contributed by atoms with Gasteiger partial charge >= 0.3 is 0 Å². The highest BCUT2D eigenvalue weighted by Crippen LogP contribution is 2.51. The predicted molar refractivity (Wildman–Crippen MR) is 117 cm³/mol. The molecule has 10 heteroatoms. The van der Waals surface area contributed by atoms with Gasteiger partial charge in [-0.15, -0.1) is 0 Å². The number of amidine groups is 1. The molecule has 0 spiro atoms. The van der Waals surface area contributed by atoms with Crippen LogP contribution in [0.2, 0.25) is 0 Å². The number of hydrogen-bond donors (Lipinski definition) is 1. The van der Waals surface area contributed by atoms with Crippen molar-refractivity contribution in [1.82, 2.24) is 4.98 Å².